The molecular formula is C18H26N4. The monoisotopic (exact) mass is 298 g/mol. The highest BCUT2D eigenvalue weighted by Crippen LogP contribution is 2.31. The van der Waals surface area contributed by atoms with Gasteiger partial charge >= 0.3 is 0 Å². The summed E-state index contributed by atoms with van der Waals surface area (Å²) in [5, 5.41) is 7.24. The fourth-order valence-corrected chi connectivity index (χ4v) is 4.01. The Kier molecular flexibility index (Phi) is 4.02. The van der Waals surface area contributed by atoms with Crippen molar-refractivity contribution in [1.29, 1.82) is 0 Å². The van der Waals surface area contributed by atoms with Gasteiger partial charge in [0.2, 0.25) is 5.95 Å². The van der Waals surface area contributed by atoms with Crippen LogP contribution in [-0.2, 0) is 0 Å². The number of benzene rings is 1. The van der Waals surface area contributed by atoms with Gasteiger partial charge in [-0.25, -0.2) is 4.98 Å². The molecule has 1 aromatic heterocycles. The van der Waals surface area contributed by atoms with Crippen LogP contribution in [0.5, 0.6) is 0 Å². The van der Waals surface area contributed by atoms with Crippen LogP contribution in [0.15, 0.2) is 24.3 Å². The van der Waals surface area contributed by atoms with Gasteiger partial charge in [-0.1, -0.05) is 31.4 Å². The van der Waals surface area contributed by atoms with E-state index in [0.717, 1.165) is 24.6 Å². The minimum absolute atomic E-state index is 0.569. The molecule has 1 aliphatic heterocycles. The minimum Gasteiger partial charge on any atom is -0.353 e. The van der Waals surface area contributed by atoms with E-state index in [1.165, 1.54) is 50.5 Å². The molecule has 1 aliphatic carbocycles. The Bertz CT molecular complexity index is 621. The number of para-hydroxylation sites is 2. The average Bonchev–Trinajstić information content (AvgIpc) is 2.94. The molecule has 1 saturated heterocycles. The van der Waals surface area contributed by atoms with E-state index in [1.807, 2.05) is 0 Å². The van der Waals surface area contributed by atoms with E-state index >= 15 is 0 Å². The number of rotatable bonds is 3. The summed E-state index contributed by atoms with van der Waals surface area (Å²) in [5.41, 5.74) is 2.41. The molecule has 2 N–H and O–H groups in total. The fraction of sp³-hybridized carbons (Fsp3) is 0.611. The molecule has 118 valence electrons. The Hall–Kier alpha value is -1.55. The van der Waals surface area contributed by atoms with Gasteiger partial charge in [0.25, 0.3) is 0 Å². The highest BCUT2D eigenvalue weighted by atomic mass is 15.2. The van der Waals surface area contributed by atoms with E-state index in [9.17, 15) is 0 Å². The molecule has 0 atom stereocenters. The smallest absolute Gasteiger partial charge is 0.204 e. The summed E-state index contributed by atoms with van der Waals surface area (Å²) in [5.74, 6) is 1.10. The lowest BCUT2D eigenvalue weighted by Gasteiger charge is -2.29. The number of aromatic nitrogens is 2. The van der Waals surface area contributed by atoms with Crippen LogP contribution >= 0.6 is 0 Å². The van der Waals surface area contributed by atoms with Gasteiger partial charge in [-0.05, 0) is 50.9 Å². The standard InChI is InChI=1S/C18H26N4/c1-2-6-14(7-3-1)20-18-21-16-8-4-5-9-17(16)22(18)15-10-12-19-13-11-15/h4-5,8-9,14-15,19H,1-3,6-7,10-13H2,(H,20,21). The van der Waals surface area contributed by atoms with Crippen molar-refractivity contribution < 1.29 is 0 Å². The highest BCUT2D eigenvalue weighted by Gasteiger charge is 2.23. The summed E-state index contributed by atoms with van der Waals surface area (Å²) in [4.78, 5) is 4.91. The van der Waals surface area contributed by atoms with Crippen LogP contribution in [0.25, 0.3) is 11.0 Å². The van der Waals surface area contributed by atoms with E-state index in [2.05, 4.69) is 39.5 Å². The molecule has 0 spiro atoms. The van der Waals surface area contributed by atoms with Gasteiger partial charge in [-0.3, -0.25) is 0 Å². The second-order valence-electron chi connectivity index (χ2n) is 6.75. The van der Waals surface area contributed by atoms with Crippen LogP contribution in [-0.4, -0.2) is 28.7 Å². The molecule has 2 fully saturated rings. The molecule has 0 radical (unpaired) electrons. The van der Waals surface area contributed by atoms with E-state index in [4.69, 9.17) is 4.98 Å². The number of fused-ring (bicyclic) bond motifs is 1. The molecule has 4 heteroatoms. The summed E-state index contributed by atoms with van der Waals surface area (Å²) < 4.78 is 2.48. The van der Waals surface area contributed by atoms with Gasteiger partial charge in [-0.2, -0.15) is 0 Å². The molecule has 0 amide bonds. The number of nitrogens with zero attached hydrogens (tertiary/aromatic N) is 2. The molecule has 1 saturated carbocycles. The Balaban J connectivity index is 1.68. The molecular weight excluding hydrogens is 272 g/mol. The zero-order valence-electron chi connectivity index (χ0n) is 13.2. The van der Waals surface area contributed by atoms with Crippen molar-refractivity contribution >= 4 is 17.0 Å². The first-order valence-electron chi connectivity index (χ1n) is 8.86. The van der Waals surface area contributed by atoms with Crippen molar-refractivity contribution in [2.24, 2.45) is 0 Å². The third-order valence-electron chi connectivity index (χ3n) is 5.21. The van der Waals surface area contributed by atoms with Crippen LogP contribution in [0.4, 0.5) is 5.95 Å². The molecule has 2 aromatic rings. The lowest BCUT2D eigenvalue weighted by Crippen LogP contribution is -2.31. The second-order valence-corrected chi connectivity index (χ2v) is 6.75. The number of anilines is 1. The molecule has 1 aromatic carbocycles. The third kappa shape index (κ3) is 2.72. The zero-order chi connectivity index (χ0) is 14.8. The first-order valence-corrected chi connectivity index (χ1v) is 8.86. The van der Waals surface area contributed by atoms with Gasteiger partial charge in [0.15, 0.2) is 0 Å². The van der Waals surface area contributed by atoms with Crippen molar-refractivity contribution in [3.63, 3.8) is 0 Å². The van der Waals surface area contributed by atoms with Gasteiger partial charge in [0.1, 0.15) is 0 Å². The molecule has 2 aliphatic rings. The Morgan fingerprint density at radius 3 is 2.59 bits per heavy atom. The quantitative estimate of drug-likeness (QED) is 0.908. The van der Waals surface area contributed by atoms with Crippen molar-refractivity contribution in [3.8, 4) is 0 Å². The van der Waals surface area contributed by atoms with Crippen molar-refractivity contribution in [3.05, 3.63) is 24.3 Å². The van der Waals surface area contributed by atoms with Crippen LogP contribution in [0, 0.1) is 0 Å². The minimum atomic E-state index is 0.569. The largest absolute Gasteiger partial charge is 0.353 e. The number of piperidine rings is 1. The lowest BCUT2D eigenvalue weighted by atomic mass is 9.96. The number of hydrogen-bond acceptors (Lipinski definition) is 3. The molecule has 0 bridgehead atoms. The van der Waals surface area contributed by atoms with Crippen LogP contribution in [0.3, 0.4) is 0 Å². The highest BCUT2D eigenvalue weighted by molar-refractivity contribution is 5.78. The van der Waals surface area contributed by atoms with Crippen LogP contribution < -0.4 is 10.6 Å². The normalized spacial score (nSPS) is 21.3. The predicted octanol–water partition coefficient (Wildman–Crippen LogP) is 3.71. The Morgan fingerprint density at radius 1 is 1.00 bits per heavy atom. The Morgan fingerprint density at radius 2 is 1.77 bits per heavy atom. The predicted molar refractivity (Wildman–Crippen MR) is 91.4 cm³/mol. The molecule has 22 heavy (non-hydrogen) atoms. The van der Waals surface area contributed by atoms with Gasteiger partial charge in [0.05, 0.1) is 11.0 Å². The van der Waals surface area contributed by atoms with Crippen molar-refractivity contribution in [2.75, 3.05) is 18.4 Å². The zero-order valence-corrected chi connectivity index (χ0v) is 13.2. The average molecular weight is 298 g/mol. The second kappa shape index (κ2) is 6.29. The summed E-state index contributed by atoms with van der Waals surface area (Å²) >= 11 is 0. The van der Waals surface area contributed by atoms with E-state index in [-0.39, 0.29) is 0 Å². The van der Waals surface area contributed by atoms with Gasteiger partial charge < -0.3 is 15.2 Å². The van der Waals surface area contributed by atoms with E-state index in [0.29, 0.717) is 12.1 Å². The third-order valence-corrected chi connectivity index (χ3v) is 5.21. The maximum absolute atomic E-state index is 4.91. The maximum atomic E-state index is 4.91. The summed E-state index contributed by atoms with van der Waals surface area (Å²) in [6, 6.07) is 9.75. The van der Waals surface area contributed by atoms with Crippen LogP contribution in [0.1, 0.15) is 51.0 Å². The lowest BCUT2D eigenvalue weighted by molar-refractivity contribution is 0.374. The number of hydrogen-bond donors (Lipinski definition) is 2. The number of nitrogens with one attached hydrogen (secondary N) is 2. The first-order chi connectivity index (χ1) is 10.9. The summed E-state index contributed by atoms with van der Waals surface area (Å²) in [6.07, 6.45) is 9.06. The summed E-state index contributed by atoms with van der Waals surface area (Å²) in [6.45, 7) is 2.22. The fourth-order valence-electron chi connectivity index (χ4n) is 4.01. The Labute approximate surface area is 132 Å². The van der Waals surface area contributed by atoms with E-state index < -0.39 is 0 Å². The number of imidazole rings is 1. The van der Waals surface area contributed by atoms with Crippen molar-refractivity contribution in [1.82, 2.24) is 14.9 Å². The molecule has 4 rings (SSSR count). The van der Waals surface area contributed by atoms with Gasteiger partial charge in [0, 0.05) is 12.1 Å². The molecule has 2 heterocycles. The van der Waals surface area contributed by atoms with Gasteiger partial charge in [-0.15, -0.1) is 0 Å². The maximum Gasteiger partial charge on any atom is 0.204 e. The van der Waals surface area contributed by atoms with Crippen molar-refractivity contribution in [2.45, 2.75) is 57.0 Å². The topological polar surface area (TPSA) is 41.9 Å². The first kappa shape index (κ1) is 14.1. The SMILES string of the molecule is c1ccc2c(c1)nc(NC1CCCCC1)n2C1CCNCC1. The summed E-state index contributed by atoms with van der Waals surface area (Å²) in [7, 11) is 0. The molecule has 0 unspecified atom stereocenters. The molecule has 4 nitrogen and oxygen atoms in total. The van der Waals surface area contributed by atoms with Crippen LogP contribution in [0.2, 0.25) is 0 Å². The van der Waals surface area contributed by atoms with E-state index in [1.54, 1.807) is 0 Å².